The smallest absolute Gasteiger partial charge is 0.0899 e. The molecule has 2 nitrogen and oxygen atoms in total. The first-order chi connectivity index (χ1) is 6.91. The van der Waals surface area contributed by atoms with Crippen LogP contribution in [0.4, 0.5) is 0 Å². The van der Waals surface area contributed by atoms with Crippen molar-refractivity contribution in [1.82, 2.24) is 9.55 Å². The molecule has 0 aliphatic heterocycles. The van der Waals surface area contributed by atoms with Gasteiger partial charge in [-0.05, 0) is 12.1 Å². The Morgan fingerprint density at radius 2 is 2.00 bits per heavy atom. The fraction of sp³-hybridized carbons (Fsp3) is 0.417. The molecule has 0 amide bonds. The van der Waals surface area contributed by atoms with Crippen LogP contribution in [0.2, 0.25) is 5.02 Å². The number of aromatic nitrogens is 2. The highest BCUT2D eigenvalue weighted by Crippen LogP contribution is 2.30. The molecular weight excluding hydrogens is 208 g/mol. The van der Waals surface area contributed by atoms with Crippen LogP contribution in [0.5, 0.6) is 0 Å². The van der Waals surface area contributed by atoms with Crippen LogP contribution in [0, 0.1) is 0 Å². The number of pyridine rings is 1. The van der Waals surface area contributed by atoms with Gasteiger partial charge in [0.25, 0.3) is 0 Å². The van der Waals surface area contributed by atoms with Crippen molar-refractivity contribution >= 4 is 22.6 Å². The summed E-state index contributed by atoms with van der Waals surface area (Å²) < 4.78 is 2.13. The van der Waals surface area contributed by atoms with Crippen molar-refractivity contribution in [2.45, 2.75) is 26.2 Å². The van der Waals surface area contributed by atoms with Gasteiger partial charge in [-0.15, -0.1) is 0 Å². The van der Waals surface area contributed by atoms with Crippen LogP contribution in [0.3, 0.4) is 0 Å². The Hall–Kier alpha value is -1.02. The zero-order chi connectivity index (χ0) is 11.2. The summed E-state index contributed by atoms with van der Waals surface area (Å²) in [4.78, 5) is 4.33. The Labute approximate surface area is 94.9 Å². The molecule has 0 bridgehead atoms. The Bertz CT molecular complexity index is 506. The quantitative estimate of drug-likeness (QED) is 0.667. The average Bonchev–Trinajstić information content (AvgIpc) is 2.44. The number of halogens is 1. The van der Waals surface area contributed by atoms with Gasteiger partial charge < -0.3 is 4.57 Å². The highest BCUT2D eigenvalue weighted by Gasteiger charge is 2.20. The third-order valence-corrected chi connectivity index (χ3v) is 2.95. The van der Waals surface area contributed by atoms with Crippen LogP contribution in [-0.4, -0.2) is 9.55 Å². The van der Waals surface area contributed by atoms with Crippen LogP contribution in [0.1, 0.15) is 26.5 Å². The molecule has 0 unspecified atom stereocenters. The summed E-state index contributed by atoms with van der Waals surface area (Å²) in [5.41, 5.74) is 3.34. The molecule has 0 aromatic carbocycles. The first-order valence-corrected chi connectivity index (χ1v) is 5.39. The van der Waals surface area contributed by atoms with Gasteiger partial charge in [0, 0.05) is 24.4 Å². The van der Waals surface area contributed by atoms with Crippen molar-refractivity contribution < 1.29 is 0 Å². The monoisotopic (exact) mass is 222 g/mol. The number of hydrogen-bond acceptors (Lipinski definition) is 1. The molecule has 0 aliphatic rings. The van der Waals surface area contributed by atoms with Crippen molar-refractivity contribution in [3.8, 4) is 0 Å². The maximum atomic E-state index is 6.16. The number of rotatable bonds is 0. The van der Waals surface area contributed by atoms with E-state index in [2.05, 4.69) is 36.4 Å². The van der Waals surface area contributed by atoms with E-state index in [9.17, 15) is 0 Å². The lowest BCUT2D eigenvalue weighted by atomic mass is 9.92. The SMILES string of the molecule is Cn1c(C(C)(C)C)cc2nccc(Cl)c21. The lowest BCUT2D eigenvalue weighted by Gasteiger charge is -2.19. The normalized spacial score (nSPS) is 12.3. The van der Waals surface area contributed by atoms with Crippen molar-refractivity contribution in [2.24, 2.45) is 7.05 Å². The lowest BCUT2D eigenvalue weighted by molar-refractivity contribution is 0.547. The second-order valence-corrected chi connectivity index (χ2v) is 5.27. The first kappa shape index (κ1) is 10.5. The van der Waals surface area contributed by atoms with E-state index < -0.39 is 0 Å². The second-order valence-electron chi connectivity index (χ2n) is 4.87. The molecule has 0 saturated carbocycles. The Kier molecular flexibility index (Phi) is 2.27. The molecule has 0 N–H and O–H groups in total. The van der Waals surface area contributed by atoms with Gasteiger partial charge in [-0.2, -0.15) is 0 Å². The number of fused-ring (bicyclic) bond motifs is 1. The van der Waals surface area contributed by atoms with Crippen molar-refractivity contribution in [3.63, 3.8) is 0 Å². The standard InChI is InChI=1S/C12H15ClN2/c1-12(2,3)10-7-9-11(15(10)4)8(13)5-6-14-9/h5-7H,1-4H3. The Morgan fingerprint density at radius 1 is 1.33 bits per heavy atom. The summed E-state index contributed by atoms with van der Waals surface area (Å²) in [6.07, 6.45) is 1.75. The largest absolute Gasteiger partial charge is 0.345 e. The molecule has 2 aromatic rings. The van der Waals surface area contributed by atoms with E-state index in [-0.39, 0.29) is 5.41 Å². The molecule has 0 radical (unpaired) electrons. The second kappa shape index (κ2) is 3.24. The molecule has 2 heterocycles. The predicted molar refractivity (Wildman–Crippen MR) is 64.4 cm³/mol. The van der Waals surface area contributed by atoms with Gasteiger partial charge in [0.1, 0.15) is 0 Å². The first-order valence-electron chi connectivity index (χ1n) is 5.01. The number of nitrogens with zero attached hydrogens (tertiary/aromatic N) is 2. The zero-order valence-electron chi connectivity index (χ0n) is 9.50. The molecule has 80 valence electrons. The molecule has 0 spiro atoms. The minimum absolute atomic E-state index is 0.110. The van der Waals surface area contributed by atoms with Crippen molar-refractivity contribution in [1.29, 1.82) is 0 Å². The van der Waals surface area contributed by atoms with Gasteiger partial charge in [0.15, 0.2) is 0 Å². The third-order valence-electron chi connectivity index (χ3n) is 2.64. The fourth-order valence-electron chi connectivity index (χ4n) is 1.95. The van der Waals surface area contributed by atoms with Gasteiger partial charge >= 0.3 is 0 Å². The van der Waals surface area contributed by atoms with Crippen LogP contribution in [0.15, 0.2) is 18.3 Å². The van der Waals surface area contributed by atoms with Crippen LogP contribution in [-0.2, 0) is 12.5 Å². The highest BCUT2D eigenvalue weighted by molar-refractivity contribution is 6.34. The number of aryl methyl sites for hydroxylation is 1. The number of hydrogen-bond donors (Lipinski definition) is 0. The molecule has 0 aliphatic carbocycles. The minimum Gasteiger partial charge on any atom is -0.345 e. The molecular formula is C12H15ClN2. The minimum atomic E-state index is 0.110. The highest BCUT2D eigenvalue weighted by atomic mass is 35.5. The summed E-state index contributed by atoms with van der Waals surface area (Å²) >= 11 is 6.16. The molecule has 0 atom stereocenters. The summed E-state index contributed by atoms with van der Waals surface area (Å²) in [6, 6.07) is 3.94. The van der Waals surface area contributed by atoms with Crippen LogP contribution in [0.25, 0.3) is 11.0 Å². The summed E-state index contributed by atoms with van der Waals surface area (Å²) in [5, 5.41) is 0.762. The van der Waals surface area contributed by atoms with Gasteiger partial charge in [0.2, 0.25) is 0 Å². The van der Waals surface area contributed by atoms with Gasteiger partial charge in [-0.25, -0.2) is 0 Å². The van der Waals surface area contributed by atoms with Crippen LogP contribution < -0.4 is 0 Å². The Balaban J connectivity index is 2.82. The molecule has 3 heteroatoms. The summed E-state index contributed by atoms with van der Waals surface area (Å²) in [6.45, 7) is 6.57. The van der Waals surface area contributed by atoms with Crippen LogP contribution >= 0.6 is 11.6 Å². The summed E-state index contributed by atoms with van der Waals surface area (Å²) in [7, 11) is 2.04. The van der Waals surface area contributed by atoms with Crippen molar-refractivity contribution in [3.05, 3.63) is 29.0 Å². The molecule has 2 rings (SSSR count). The van der Waals surface area contributed by atoms with Gasteiger partial charge in [-0.3, -0.25) is 4.98 Å². The molecule has 2 aromatic heterocycles. The molecule has 0 saturated heterocycles. The summed E-state index contributed by atoms with van der Waals surface area (Å²) in [5.74, 6) is 0. The van der Waals surface area contributed by atoms with E-state index in [1.54, 1.807) is 6.20 Å². The molecule has 0 fully saturated rings. The molecule has 15 heavy (non-hydrogen) atoms. The maximum Gasteiger partial charge on any atom is 0.0899 e. The Morgan fingerprint density at radius 3 is 2.53 bits per heavy atom. The lowest BCUT2D eigenvalue weighted by Crippen LogP contribution is -2.15. The van der Waals surface area contributed by atoms with Gasteiger partial charge in [-0.1, -0.05) is 32.4 Å². The average molecular weight is 223 g/mol. The maximum absolute atomic E-state index is 6.16. The van der Waals surface area contributed by atoms with E-state index in [1.165, 1.54) is 5.69 Å². The topological polar surface area (TPSA) is 17.8 Å². The van der Waals surface area contributed by atoms with E-state index in [0.717, 1.165) is 16.1 Å². The zero-order valence-corrected chi connectivity index (χ0v) is 10.3. The van der Waals surface area contributed by atoms with E-state index in [4.69, 9.17) is 11.6 Å². The fourth-order valence-corrected chi connectivity index (χ4v) is 2.23. The van der Waals surface area contributed by atoms with Crippen molar-refractivity contribution in [2.75, 3.05) is 0 Å². The predicted octanol–water partition coefficient (Wildman–Crippen LogP) is 3.52. The van der Waals surface area contributed by atoms with E-state index >= 15 is 0 Å². The van der Waals surface area contributed by atoms with E-state index in [1.807, 2.05) is 13.1 Å². The van der Waals surface area contributed by atoms with E-state index in [0.29, 0.717) is 0 Å². The third kappa shape index (κ3) is 1.63. The van der Waals surface area contributed by atoms with Gasteiger partial charge in [0.05, 0.1) is 16.1 Å².